The predicted octanol–water partition coefficient (Wildman–Crippen LogP) is 2.97. The van der Waals surface area contributed by atoms with Crippen molar-refractivity contribution in [2.24, 2.45) is 0 Å². The molecule has 0 aliphatic rings. The first-order chi connectivity index (χ1) is 12.0. The molecule has 2 rings (SSSR count). The molecule has 0 bridgehead atoms. The monoisotopic (exact) mass is 344 g/mol. The number of amides is 1. The Kier molecular flexibility index (Phi) is 6.36. The second-order valence-electron chi connectivity index (χ2n) is 5.64. The number of Topliss-reactive ketones (excluding diaryl/α,β-unsaturated/α-hetero) is 1. The second kappa shape index (κ2) is 8.48. The largest absolute Gasteiger partial charge is 0.492 e. The van der Waals surface area contributed by atoms with Crippen LogP contribution in [0.2, 0.25) is 0 Å². The summed E-state index contributed by atoms with van der Waals surface area (Å²) in [6, 6.07) is 8.78. The van der Waals surface area contributed by atoms with Gasteiger partial charge in [0.05, 0.1) is 18.9 Å². The number of aryl methyl sites for hydroxylation is 1. The molecule has 0 aliphatic heterocycles. The molecule has 2 aromatic rings. The van der Waals surface area contributed by atoms with E-state index in [1.807, 2.05) is 31.4 Å². The standard InChI is InChI=1S/C19H24N2O4/c1-5-25-17-9-7-6-8-16(17)20-19(23)18(22)15-12-13(2)21(14(15)3)10-11-24-4/h6-9,12H,5,10-11H2,1-4H3,(H,20,23). The number of hydrogen-bond donors (Lipinski definition) is 1. The third kappa shape index (κ3) is 4.28. The lowest BCUT2D eigenvalue weighted by molar-refractivity contribution is -0.112. The number of carbonyl (C=O) groups is 2. The minimum Gasteiger partial charge on any atom is -0.492 e. The normalized spacial score (nSPS) is 10.6. The molecule has 6 nitrogen and oxygen atoms in total. The first-order valence-electron chi connectivity index (χ1n) is 8.22. The smallest absolute Gasteiger partial charge is 0.296 e. The summed E-state index contributed by atoms with van der Waals surface area (Å²) >= 11 is 0. The van der Waals surface area contributed by atoms with Crippen LogP contribution in [0, 0.1) is 13.8 Å². The summed E-state index contributed by atoms with van der Waals surface area (Å²) in [7, 11) is 1.63. The molecular formula is C19H24N2O4. The summed E-state index contributed by atoms with van der Waals surface area (Å²) in [6.45, 7) is 7.24. The third-order valence-electron chi connectivity index (χ3n) is 3.98. The molecule has 1 aromatic carbocycles. The number of hydrogen-bond acceptors (Lipinski definition) is 4. The lowest BCUT2D eigenvalue weighted by Crippen LogP contribution is -2.23. The van der Waals surface area contributed by atoms with Crippen LogP contribution >= 0.6 is 0 Å². The van der Waals surface area contributed by atoms with Crippen molar-refractivity contribution in [1.82, 2.24) is 4.57 Å². The van der Waals surface area contributed by atoms with Gasteiger partial charge in [0, 0.05) is 30.6 Å². The summed E-state index contributed by atoms with van der Waals surface area (Å²) in [4.78, 5) is 25.0. The number of nitrogens with zero attached hydrogens (tertiary/aromatic N) is 1. The minimum atomic E-state index is -0.681. The van der Waals surface area contributed by atoms with Gasteiger partial charge in [-0.05, 0) is 39.0 Å². The number of carbonyl (C=O) groups excluding carboxylic acids is 2. The van der Waals surface area contributed by atoms with Gasteiger partial charge < -0.3 is 19.4 Å². The fourth-order valence-corrected chi connectivity index (χ4v) is 2.71. The lowest BCUT2D eigenvalue weighted by atomic mass is 10.1. The Hall–Kier alpha value is -2.60. The van der Waals surface area contributed by atoms with Crippen LogP contribution in [0.25, 0.3) is 0 Å². The summed E-state index contributed by atoms with van der Waals surface area (Å²) in [6.07, 6.45) is 0. The summed E-state index contributed by atoms with van der Waals surface area (Å²) in [5.74, 6) is -0.709. The van der Waals surface area contributed by atoms with E-state index in [9.17, 15) is 9.59 Å². The number of nitrogens with one attached hydrogen (secondary N) is 1. The average molecular weight is 344 g/mol. The molecule has 0 atom stereocenters. The number of para-hydroxylation sites is 2. The average Bonchev–Trinajstić information content (AvgIpc) is 2.88. The van der Waals surface area contributed by atoms with Crippen LogP contribution in [0.3, 0.4) is 0 Å². The fraction of sp³-hybridized carbons (Fsp3) is 0.368. The van der Waals surface area contributed by atoms with Crippen LogP contribution in [0.1, 0.15) is 28.7 Å². The Morgan fingerprint density at radius 3 is 2.60 bits per heavy atom. The van der Waals surface area contributed by atoms with E-state index in [2.05, 4.69) is 5.32 Å². The van der Waals surface area contributed by atoms with Gasteiger partial charge in [0.25, 0.3) is 11.7 Å². The Balaban J connectivity index is 2.20. The Morgan fingerprint density at radius 2 is 1.92 bits per heavy atom. The number of rotatable bonds is 8. The lowest BCUT2D eigenvalue weighted by Gasteiger charge is -2.11. The summed E-state index contributed by atoms with van der Waals surface area (Å²) < 4.78 is 12.5. The Bertz CT molecular complexity index is 765. The molecule has 1 amide bonds. The molecule has 6 heteroatoms. The van der Waals surface area contributed by atoms with Crippen molar-refractivity contribution < 1.29 is 19.1 Å². The van der Waals surface area contributed by atoms with Crippen LogP contribution in [-0.4, -0.2) is 36.6 Å². The van der Waals surface area contributed by atoms with Gasteiger partial charge in [-0.2, -0.15) is 0 Å². The van der Waals surface area contributed by atoms with Crippen LogP contribution < -0.4 is 10.1 Å². The topological polar surface area (TPSA) is 69.6 Å². The van der Waals surface area contributed by atoms with Crippen molar-refractivity contribution in [3.8, 4) is 5.75 Å². The fourth-order valence-electron chi connectivity index (χ4n) is 2.71. The van der Waals surface area contributed by atoms with E-state index in [1.54, 1.807) is 31.4 Å². The number of anilines is 1. The molecule has 25 heavy (non-hydrogen) atoms. The maximum atomic E-state index is 12.6. The molecule has 0 spiro atoms. The van der Waals surface area contributed by atoms with E-state index in [4.69, 9.17) is 9.47 Å². The molecule has 0 saturated carbocycles. The van der Waals surface area contributed by atoms with Gasteiger partial charge in [-0.3, -0.25) is 9.59 Å². The maximum absolute atomic E-state index is 12.6. The number of benzene rings is 1. The van der Waals surface area contributed by atoms with E-state index >= 15 is 0 Å². The van der Waals surface area contributed by atoms with E-state index in [1.165, 1.54) is 0 Å². The van der Waals surface area contributed by atoms with Gasteiger partial charge in [0.15, 0.2) is 0 Å². The van der Waals surface area contributed by atoms with Crippen molar-refractivity contribution in [3.63, 3.8) is 0 Å². The molecule has 1 aromatic heterocycles. The highest BCUT2D eigenvalue weighted by Crippen LogP contribution is 2.24. The van der Waals surface area contributed by atoms with E-state index in [-0.39, 0.29) is 0 Å². The number of ether oxygens (including phenoxy) is 2. The quantitative estimate of drug-likeness (QED) is 0.590. The zero-order valence-corrected chi connectivity index (χ0v) is 15.1. The Morgan fingerprint density at radius 1 is 1.20 bits per heavy atom. The number of aromatic nitrogens is 1. The first-order valence-corrected chi connectivity index (χ1v) is 8.22. The van der Waals surface area contributed by atoms with Crippen molar-refractivity contribution in [1.29, 1.82) is 0 Å². The van der Waals surface area contributed by atoms with Crippen molar-refractivity contribution in [3.05, 3.63) is 47.3 Å². The van der Waals surface area contributed by atoms with Gasteiger partial charge in [0.1, 0.15) is 5.75 Å². The molecular weight excluding hydrogens is 320 g/mol. The summed E-state index contributed by atoms with van der Waals surface area (Å²) in [5.41, 5.74) is 2.56. The van der Waals surface area contributed by atoms with Crippen LogP contribution in [0.5, 0.6) is 5.75 Å². The molecule has 1 heterocycles. The van der Waals surface area contributed by atoms with E-state index < -0.39 is 11.7 Å². The molecule has 0 saturated heterocycles. The van der Waals surface area contributed by atoms with Gasteiger partial charge in [-0.1, -0.05) is 12.1 Å². The van der Waals surface area contributed by atoms with Gasteiger partial charge in [-0.15, -0.1) is 0 Å². The SMILES string of the molecule is CCOc1ccccc1NC(=O)C(=O)c1cc(C)n(CCOC)c1C. The highest BCUT2D eigenvalue weighted by Gasteiger charge is 2.23. The molecule has 0 radical (unpaired) electrons. The zero-order chi connectivity index (χ0) is 18.4. The Labute approximate surface area is 147 Å². The van der Waals surface area contributed by atoms with E-state index in [0.717, 1.165) is 11.4 Å². The minimum absolute atomic E-state index is 0.403. The van der Waals surface area contributed by atoms with Crippen molar-refractivity contribution >= 4 is 17.4 Å². The molecule has 0 unspecified atom stereocenters. The van der Waals surface area contributed by atoms with E-state index in [0.29, 0.717) is 36.8 Å². The van der Waals surface area contributed by atoms with Crippen molar-refractivity contribution in [2.45, 2.75) is 27.3 Å². The highest BCUT2D eigenvalue weighted by atomic mass is 16.5. The zero-order valence-electron chi connectivity index (χ0n) is 15.1. The van der Waals surface area contributed by atoms with Gasteiger partial charge >= 0.3 is 0 Å². The molecule has 134 valence electrons. The highest BCUT2D eigenvalue weighted by molar-refractivity contribution is 6.47. The first kappa shape index (κ1) is 18.7. The number of methoxy groups -OCH3 is 1. The molecule has 1 N–H and O–H groups in total. The van der Waals surface area contributed by atoms with Gasteiger partial charge in [-0.25, -0.2) is 0 Å². The summed E-state index contributed by atoms with van der Waals surface area (Å²) in [5, 5.41) is 2.65. The third-order valence-corrected chi connectivity index (χ3v) is 3.98. The second-order valence-corrected chi connectivity index (χ2v) is 5.64. The van der Waals surface area contributed by atoms with Crippen LogP contribution in [-0.2, 0) is 16.1 Å². The van der Waals surface area contributed by atoms with Crippen LogP contribution in [0.15, 0.2) is 30.3 Å². The molecule has 0 aliphatic carbocycles. The van der Waals surface area contributed by atoms with Crippen molar-refractivity contribution in [2.75, 3.05) is 25.6 Å². The van der Waals surface area contributed by atoms with Crippen LogP contribution in [0.4, 0.5) is 5.69 Å². The molecule has 0 fully saturated rings. The number of ketones is 1. The predicted molar refractivity (Wildman–Crippen MR) is 96.4 cm³/mol. The maximum Gasteiger partial charge on any atom is 0.296 e. The van der Waals surface area contributed by atoms with Gasteiger partial charge in [0.2, 0.25) is 0 Å².